The Hall–Kier alpha value is -2.27. The van der Waals surface area contributed by atoms with E-state index in [1.807, 2.05) is 6.92 Å². The third kappa shape index (κ3) is 4.19. The Morgan fingerprint density at radius 2 is 1.96 bits per heavy atom. The molecule has 0 bridgehead atoms. The van der Waals surface area contributed by atoms with Gasteiger partial charge >= 0.3 is 0 Å². The quantitative estimate of drug-likeness (QED) is 0.886. The predicted molar refractivity (Wildman–Crippen MR) is 106 cm³/mol. The lowest BCUT2D eigenvalue weighted by Gasteiger charge is -2.36. The van der Waals surface area contributed by atoms with Crippen molar-refractivity contribution in [3.05, 3.63) is 58.7 Å². The van der Waals surface area contributed by atoms with Crippen molar-refractivity contribution in [1.29, 1.82) is 0 Å². The number of nitrogens with zero attached hydrogens (tertiary/aromatic N) is 3. The molecule has 1 aromatic heterocycles. The number of rotatable bonds is 5. The highest BCUT2D eigenvalue weighted by atomic mass is 16.1. The molecule has 5 nitrogen and oxygen atoms in total. The minimum atomic E-state index is -0.169. The van der Waals surface area contributed by atoms with Gasteiger partial charge in [-0.2, -0.15) is 0 Å². The molecule has 2 aliphatic rings. The molecule has 5 heteroatoms. The highest BCUT2D eigenvalue weighted by Crippen LogP contribution is 2.27. The number of carbonyl (C=O) groups excluding carboxylic acids is 1. The normalized spacial score (nSPS) is 17.7. The summed E-state index contributed by atoms with van der Waals surface area (Å²) in [5.74, 6) is -0.169. The van der Waals surface area contributed by atoms with Gasteiger partial charge in [-0.05, 0) is 49.3 Å². The average Bonchev–Trinajstić information content (AvgIpc) is 2.84. The summed E-state index contributed by atoms with van der Waals surface area (Å²) in [6.45, 7) is 4.87. The lowest BCUT2D eigenvalue weighted by molar-refractivity contribution is 0.0950. The second-order valence-corrected chi connectivity index (χ2v) is 7.65. The molecule has 1 aliphatic carbocycles. The zero-order chi connectivity index (χ0) is 18.6. The number of nitrogens with one attached hydrogen (secondary N) is 1. The molecule has 27 heavy (non-hydrogen) atoms. The second kappa shape index (κ2) is 8.17. The summed E-state index contributed by atoms with van der Waals surface area (Å²) >= 11 is 0. The van der Waals surface area contributed by atoms with Crippen LogP contribution in [0.3, 0.4) is 0 Å². The number of aromatic nitrogens is 2. The molecular weight excluding hydrogens is 336 g/mol. The summed E-state index contributed by atoms with van der Waals surface area (Å²) in [6, 6.07) is 7.69. The Labute approximate surface area is 161 Å². The molecule has 1 aliphatic heterocycles. The third-order valence-corrected chi connectivity index (χ3v) is 5.86. The van der Waals surface area contributed by atoms with E-state index < -0.39 is 0 Å². The highest BCUT2D eigenvalue weighted by molar-refractivity contribution is 5.91. The van der Waals surface area contributed by atoms with E-state index >= 15 is 0 Å². The van der Waals surface area contributed by atoms with E-state index in [-0.39, 0.29) is 5.91 Å². The summed E-state index contributed by atoms with van der Waals surface area (Å²) in [6.07, 6.45) is 10.5. The van der Waals surface area contributed by atoms with Gasteiger partial charge in [-0.25, -0.2) is 4.98 Å². The largest absolute Gasteiger partial charge is 0.351 e. The Kier molecular flexibility index (Phi) is 5.48. The average molecular weight is 364 g/mol. The van der Waals surface area contributed by atoms with Crippen molar-refractivity contribution < 1.29 is 4.79 Å². The summed E-state index contributed by atoms with van der Waals surface area (Å²) in [5.41, 5.74) is 5.52. The van der Waals surface area contributed by atoms with Gasteiger partial charge in [0.15, 0.2) is 0 Å². The summed E-state index contributed by atoms with van der Waals surface area (Å²) in [4.78, 5) is 23.2. The Balaban J connectivity index is 1.42. The number of amides is 1. The molecule has 1 amide bonds. The van der Waals surface area contributed by atoms with Crippen LogP contribution in [0.15, 0.2) is 30.6 Å². The molecule has 0 atom stereocenters. The van der Waals surface area contributed by atoms with E-state index in [0.717, 1.165) is 31.0 Å². The molecular formula is C22H28N4O. The Bertz CT molecular complexity index is 798. The molecule has 1 aromatic carbocycles. The zero-order valence-electron chi connectivity index (χ0n) is 16.1. The number of fused-ring (bicyclic) bond motifs is 1. The van der Waals surface area contributed by atoms with Crippen LogP contribution in [0.4, 0.5) is 0 Å². The van der Waals surface area contributed by atoms with E-state index in [1.54, 1.807) is 12.4 Å². The standard InChI is InChI=1S/C22H28N4O/c1-2-23-22(27)21-15-24-19(14-25-21)13-16-6-7-17-8-10-26(20-4-3-5-20)11-9-18(17)12-16/h6-7,12,14-15,20H,2-5,8-11,13H2,1H3,(H,23,27). The Morgan fingerprint density at radius 3 is 2.63 bits per heavy atom. The molecule has 1 N–H and O–H groups in total. The molecule has 1 saturated carbocycles. The van der Waals surface area contributed by atoms with E-state index in [2.05, 4.69) is 38.4 Å². The van der Waals surface area contributed by atoms with Gasteiger partial charge in [-0.15, -0.1) is 0 Å². The van der Waals surface area contributed by atoms with Crippen molar-refractivity contribution in [3.8, 4) is 0 Å². The molecule has 0 radical (unpaired) electrons. The maximum Gasteiger partial charge on any atom is 0.271 e. The summed E-state index contributed by atoms with van der Waals surface area (Å²) in [7, 11) is 0. The van der Waals surface area contributed by atoms with Crippen LogP contribution in [-0.4, -0.2) is 46.5 Å². The lowest BCUT2D eigenvalue weighted by atomic mass is 9.91. The molecule has 0 spiro atoms. The molecule has 2 aromatic rings. The van der Waals surface area contributed by atoms with Crippen molar-refractivity contribution in [2.24, 2.45) is 0 Å². The van der Waals surface area contributed by atoms with E-state index in [0.29, 0.717) is 12.2 Å². The second-order valence-electron chi connectivity index (χ2n) is 7.65. The highest BCUT2D eigenvalue weighted by Gasteiger charge is 2.26. The summed E-state index contributed by atoms with van der Waals surface area (Å²) in [5, 5.41) is 2.75. The van der Waals surface area contributed by atoms with Crippen LogP contribution in [0.25, 0.3) is 0 Å². The van der Waals surface area contributed by atoms with Gasteiger partial charge in [-0.1, -0.05) is 24.6 Å². The van der Waals surface area contributed by atoms with Gasteiger partial charge in [0.25, 0.3) is 5.91 Å². The van der Waals surface area contributed by atoms with E-state index in [9.17, 15) is 4.79 Å². The van der Waals surface area contributed by atoms with Crippen LogP contribution < -0.4 is 5.32 Å². The number of benzene rings is 1. The van der Waals surface area contributed by atoms with Crippen LogP contribution in [0.2, 0.25) is 0 Å². The monoisotopic (exact) mass is 364 g/mol. The zero-order valence-corrected chi connectivity index (χ0v) is 16.1. The minimum Gasteiger partial charge on any atom is -0.351 e. The van der Waals surface area contributed by atoms with Crippen LogP contribution in [0.5, 0.6) is 0 Å². The molecule has 2 heterocycles. The predicted octanol–water partition coefficient (Wildman–Crippen LogP) is 2.77. The fourth-order valence-corrected chi connectivity index (χ4v) is 4.05. The van der Waals surface area contributed by atoms with Crippen molar-refractivity contribution in [2.75, 3.05) is 19.6 Å². The van der Waals surface area contributed by atoms with Crippen LogP contribution >= 0.6 is 0 Å². The van der Waals surface area contributed by atoms with Crippen molar-refractivity contribution >= 4 is 5.91 Å². The fourth-order valence-electron chi connectivity index (χ4n) is 4.05. The SMILES string of the molecule is CCNC(=O)c1cnc(Cc2ccc3c(c2)CCN(C2CCC2)CC3)cn1. The maximum absolute atomic E-state index is 11.8. The first-order valence-corrected chi connectivity index (χ1v) is 10.2. The van der Waals surface area contributed by atoms with Crippen LogP contribution in [0.1, 0.15) is 59.1 Å². The van der Waals surface area contributed by atoms with Gasteiger partial charge < -0.3 is 5.32 Å². The van der Waals surface area contributed by atoms with Crippen molar-refractivity contribution in [3.63, 3.8) is 0 Å². The Morgan fingerprint density at radius 1 is 1.15 bits per heavy atom. The van der Waals surface area contributed by atoms with E-state index in [1.165, 1.54) is 49.0 Å². The third-order valence-electron chi connectivity index (χ3n) is 5.86. The van der Waals surface area contributed by atoms with Gasteiger partial charge in [-0.3, -0.25) is 14.7 Å². The number of hydrogen-bond acceptors (Lipinski definition) is 4. The van der Waals surface area contributed by atoms with Gasteiger partial charge in [0.05, 0.1) is 11.9 Å². The van der Waals surface area contributed by atoms with E-state index in [4.69, 9.17) is 0 Å². The van der Waals surface area contributed by atoms with Gasteiger partial charge in [0.2, 0.25) is 0 Å². The van der Waals surface area contributed by atoms with Crippen LogP contribution in [-0.2, 0) is 19.3 Å². The molecule has 0 saturated heterocycles. The number of carbonyl (C=O) groups is 1. The smallest absolute Gasteiger partial charge is 0.271 e. The minimum absolute atomic E-state index is 0.169. The first kappa shape index (κ1) is 18.1. The topological polar surface area (TPSA) is 58.1 Å². The maximum atomic E-state index is 11.8. The summed E-state index contributed by atoms with van der Waals surface area (Å²) < 4.78 is 0. The fraction of sp³-hybridized carbons (Fsp3) is 0.500. The van der Waals surface area contributed by atoms with Gasteiger partial charge in [0.1, 0.15) is 5.69 Å². The van der Waals surface area contributed by atoms with Crippen molar-refractivity contribution in [1.82, 2.24) is 20.2 Å². The van der Waals surface area contributed by atoms with Gasteiger partial charge in [0, 0.05) is 38.3 Å². The molecule has 0 unspecified atom stereocenters. The lowest BCUT2D eigenvalue weighted by Crippen LogP contribution is -2.41. The van der Waals surface area contributed by atoms with Crippen LogP contribution in [0, 0.1) is 0 Å². The molecule has 1 fully saturated rings. The number of hydrogen-bond donors (Lipinski definition) is 1. The molecule has 4 rings (SSSR count). The molecule has 142 valence electrons. The first-order chi connectivity index (χ1) is 13.2. The van der Waals surface area contributed by atoms with Crippen molar-refractivity contribution in [2.45, 2.75) is 51.5 Å². The first-order valence-electron chi connectivity index (χ1n) is 10.2.